The summed E-state index contributed by atoms with van der Waals surface area (Å²) >= 11 is 1.32. The summed E-state index contributed by atoms with van der Waals surface area (Å²) in [6, 6.07) is 4.22. The Morgan fingerprint density at radius 2 is 2.11 bits per heavy atom. The molecule has 0 aliphatic carbocycles. The van der Waals surface area contributed by atoms with E-state index in [0.29, 0.717) is 59.9 Å². The second kappa shape index (κ2) is 10.8. The standard InChI is InChI=1S/C26H33FN6O3S2/c1-26(2)13-18-4-3-5-21(23(18)29-15-26)38(35,36)32-19(12-22-31-20-14-28-16-30-24(20)37-22)25(34)33-10-7-17(6-9-27)8-11-33/h3-5,14,16-17,19,29,32H,6-13,15H2,1-2H3/t19-/m0/s1. The number of alkyl halides is 1. The number of nitrogens with one attached hydrogen (secondary N) is 2. The third-order valence-corrected chi connectivity index (χ3v) is 9.87. The molecule has 12 heteroatoms. The number of carbonyl (C=O) groups excluding carboxylic acids is 1. The maximum atomic E-state index is 13.8. The zero-order chi connectivity index (χ0) is 26.9. The molecule has 1 aromatic carbocycles. The Balaban J connectivity index is 1.42. The molecule has 9 nitrogen and oxygen atoms in total. The second-order valence-electron chi connectivity index (χ2n) is 10.9. The number of piperidine rings is 1. The molecule has 5 rings (SSSR count). The molecular formula is C26H33FN6O3S2. The van der Waals surface area contributed by atoms with E-state index in [0.717, 1.165) is 12.0 Å². The van der Waals surface area contributed by atoms with Crippen molar-refractivity contribution in [3.63, 3.8) is 0 Å². The highest BCUT2D eigenvalue weighted by Gasteiger charge is 2.35. The van der Waals surface area contributed by atoms with Crippen molar-refractivity contribution in [1.29, 1.82) is 0 Å². The SMILES string of the molecule is CC1(C)CNc2c(cccc2S(=O)(=O)N[C@@H](Cc2nc3cncnc3s2)C(=O)N2CCC(CCF)CC2)C1. The first kappa shape index (κ1) is 26.9. The maximum absolute atomic E-state index is 13.8. The van der Waals surface area contributed by atoms with Crippen LogP contribution in [-0.4, -0.2) is 66.5 Å². The molecule has 0 bridgehead atoms. The molecule has 38 heavy (non-hydrogen) atoms. The highest BCUT2D eigenvalue weighted by molar-refractivity contribution is 7.89. The quantitative estimate of drug-likeness (QED) is 0.433. The van der Waals surface area contributed by atoms with Gasteiger partial charge in [-0.05, 0) is 48.6 Å². The summed E-state index contributed by atoms with van der Waals surface area (Å²) in [4.78, 5) is 29.0. The fourth-order valence-electron chi connectivity index (χ4n) is 5.30. The van der Waals surface area contributed by atoms with E-state index in [1.807, 2.05) is 6.07 Å². The Labute approximate surface area is 226 Å². The van der Waals surface area contributed by atoms with Gasteiger partial charge in [-0.1, -0.05) is 37.3 Å². The van der Waals surface area contributed by atoms with Crippen molar-refractivity contribution in [3.8, 4) is 0 Å². The fourth-order valence-corrected chi connectivity index (χ4v) is 7.63. The molecule has 2 aliphatic heterocycles. The van der Waals surface area contributed by atoms with Gasteiger partial charge in [0, 0.05) is 26.1 Å². The molecule has 0 unspecified atom stereocenters. The Morgan fingerprint density at radius 3 is 2.84 bits per heavy atom. The number of anilines is 1. The van der Waals surface area contributed by atoms with Gasteiger partial charge >= 0.3 is 0 Å². The van der Waals surface area contributed by atoms with Crippen molar-refractivity contribution in [1.82, 2.24) is 24.6 Å². The number of likely N-dealkylation sites (tertiary alicyclic amines) is 1. The third-order valence-electron chi connectivity index (χ3n) is 7.35. The van der Waals surface area contributed by atoms with E-state index in [1.54, 1.807) is 23.2 Å². The van der Waals surface area contributed by atoms with E-state index in [1.165, 1.54) is 17.7 Å². The van der Waals surface area contributed by atoms with Gasteiger partial charge in [0.25, 0.3) is 0 Å². The van der Waals surface area contributed by atoms with Gasteiger partial charge in [-0.25, -0.2) is 23.4 Å². The number of thiazole rings is 1. The van der Waals surface area contributed by atoms with Crippen LogP contribution in [0.1, 0.15) is 43.7 Å². The summed E-state index contributed by atoms with van der Waals surface area (Å²) < 4.78 is 43.1. The van der Waals surface area contributed by atoms with Gasteiger partial charge in [0.1, 0.15) is 27.6 Å². The van der Waals surface area contributed by atoms with Crippen LogP contribution >= 0.6 is 11.3 Å². The van der Waals surface area contributed by atoms with Crippen LogP contribution in [0.2, 0.25) is 0 Å². The number of fused-ring (bicyclic) bond motifs is 2. The van der Waals surface area contributed by atoms with Crippen LogP contribution in [0.5, 0.6) is 0 Å². The first-order valence-corrected chi connectivity index (χ1v) is 15.2. The predicted molar refractivity (Wildman–Crippen MR) is 145 cm³/mol. The fraction of sp³-hybridized carbons (Fsp3) is 0.538. The number of hydrogen-bond donors (Lipinski definition) is 2. The monoisotopic (exact) mass is 560 g/mol. The van der Waals surface area contributed by atoms with Gasteiger partial charge in [0.05, 0.1) is 23.6 Å². The first-order chi connectivity index (χ1) is 18.1. The van der Waals surface area contributed by atoms with Crippen LogP contribution in [0, 0.1) is 11.3 Å². The van der Waals surface area contributed by atoms with E-state index in [-0.39, 0.29) is 35.2 Å². The number of carbonyl (C=O) groups is 1. The molecule has 2 N–H and O–H groups in total. The summed E-state index contributed by atoms with van der Waals surface area (Å²) in [6.45, 7) is 5.50. The lowest BCUT2D eigenvalue weighted by Gasteiger charge is -2.35. The number of rotatable bonds is 8. The zero-order valence-electron chi connectivity index (χ0n) is 21.6. The van der Waals surface area contributed by atoms with Crippen LogP contribution in [0.25, 0.3) is 10.3 Å². The first-order valence-electron chi connectivity index (χ1n) is 12.9. The Kier molecular flexibility index (Phi) is 7.65. The number of sulfonamides is 1. The minimum atomic E-state index is -4.05. The van der Waals surface area contributed by atoms with Crippen LogP contribution < -0.4 is 10.0 Å². The Hall–Kier alpha value is -2.70. The van der Waals surface area contributed by atoms with E-state index < -0.39 is 16.1 Å². The molecule has 4 heterocycles. The molecule has 2 aromatic heterocycles. The Morgan fingerprint density at radius 1 is 1.32 bits per heavy atom. The molecule has 3 aromatic rings. The topological polar surface area (TPSA) is 117 Å². The lowest BCUT2D eigenvalue weighted by Crippen LogP contribution is -2.51. The Bertz CT molecular complexity index is 1390. The van der Waals surface area contributed by atoms with E-state index in [2.05, 4.69) is 38.8 Å². The van der Waals surface area contributed by atoms with Crippen molar-refractivity contribution in [2.75, 3.05) is 31.6 Å². The van der Waals surface area contributed by atoms with Crippen molar-refractivity contribution >= 4 is 43.3 Å². The number of nitrogens with zero attached hydrogens (tertiary/aromatic N) is 4. The van der Waals surface area contributed by atoms with Gasteiger partial charge in [0.2, 0.25) is 15.9 Å². The minimum absolute atomic E-state index is 0.00528. The smallest absolute Gasteiger partial charge is 0.243 e. The second-order valence-corrected chi connectivity index (χ2v) is 13.7. The summed E-state index contributed by atoms with van der Waals surface area (Å²) in [7, 11) is -4.05. The van der Waals surface area contributed by atoms with Crippen molar-refractivity contribution in [2.24, 2.45) is 11.3 Å². The van der Waals surface area contributed by atoms with Crippen molar-refractivity contribution in [3.05, 3.63) is 41.3 Å². The molecule has 0 spiro atoms. The third kappa shape index (κ3) is 5.81. The largest absolute Gasteiger partial charge is 0.383 e. The number of amides is 1. The molecule has 1 fully saturated rings. The highest BCUT2D eigenvalue weighted by Crippen LogP contribution is 2.36. The lowest BCUT2D eigenvalue weighted by atomic mass is 9.82. The zero-order valence-corrected chi connectivity index (χ0v) is 23.2. The number of aromatic nitrogens is 3. The molecule has 0 saturated carbocycles. The molecule has 0 radical (unpaired) electrons. The number of halogens is 1. The summed E-state index contributed by atoms with van der Waals surface area (Å²) in [5, 5.41) is 3.91. The molecule has 2 aliphatic rings. The van der Waals surface area contributed by atoms with E-state index >= 15 is 0 Å². The van der Waals surface area contributed by atoms with Crippen molar-refractivity contribution < 1.29 is 17.6 Å². The summed E-state index contributed by atoms with van der Waals surface area (Å²) in [6.07, 6.45) is 5.79. The summed E-state index contributed by atoms with van der Waals surface area (Å²) in [5.74, 6) is -0.0512. The van der Waals surface area contributed by atoms with Gasteiger partial charge < -0.3 is 10.2 Å². The van der Waals surface area contributed by atoms with Gasteiger partial charge in [0.15, 0.2) is 0 Å². The average molecular weight is 561 g/mol. The average Bonchev–Trinajstić information content (AvgIpc) is 3.30. The van der Waals surface area contributed by atoms with Gasteiger partial charge in [-0.3, -0.25) is 9.18 Å². The maximum Gasteiger partial charge on any atom is 0.243 e. The molecular weight excluding hydrogens is 527 g/mol. The highest BCUT2D eigenvalue weighted by atomic mass is 32.2. The van der Waals surface area contributed by atoms with Crippen LogP contribution in [0.15, 0.2) is 35.6 Å². The molecule has 204 valence electrons. The predicted octanol–water partition coefficient (Wildman–Crippen LogP) is 3.57. The normalized spacial score (nSPS) is 18.7. The van der Waals surface area contributed by atoms with E-state index in [9.17, 15) is 17.6 Å². The molecule has 1 atom stereocenters. The van der Waals surface area contributed by atoms with Crippen LogP contribution in [-0.2, 0) is 27.7 Å². The van der Waals surface area contributed by atoms with Gasteiger partial charge in [-0.2, -0.15) is 4.72 Å². The number of para-hydroxylation sites is 1. The molecule has 1 amide bonds. The minimum Gasteiger partial charge on any atom is -0.383 e. The van der Waals surface area contributed by atoms with Crippen LogP contribution in [0.4, 0.5) is 10.1 Å². The van der Waals surface area contributed by atoms with Gasteiger partial charge in [-0.15, -0.1) is 0 Å². The molecule has 1 saturated heterocycles. The van der Waals surface area contributed by atoms with E-state index in [4.69, 9.17) is 0 Å². The van der Waals surface area contributed by atoms with Crippen LogP contribution in [0.3, 0.4) is 0 Å². The number of hydrogen-bond acceptors (Lipinski definition) is 8. The van der Waals surface area contributed by atoms with Crippen molar-refractivity contribution in [2.45, 2.75) is 56.9 Å². The number of benzene rings is 1. The summed E-state index contributed by atoms with van der Waals surface area (Å²) in [5.41, 5.74) is 2.14. The lowest BCUT2D eigenvalue weighted by molar-refractivity contribution is -0.134.